The van der Waals surface area contributed by atoms with Gasteiger partial charge < -0.3 is 4.74 Å². The molecular formula is C14H17N3OS. The van der Waals surface area contributed by atoms with Crippen molar-refractivity contribution in [1.82, 2.24) is 14.8 Å². The number of allylic oxidation sites excluding steroid dienone is 1. The Morgan fingerprint density at radius 2 is 2.11 bits per heavy atom. The zero-order valence-corrected chi connectivity index (χ0v) is 11.8. The molecule has 0 N–H and O–H groups in total. The Morgan fingerprint density at radius 3 is 2.79 bits per heavy atom. The Hall–Kier alpha value is -1.59. The maximum absolute atomic E-state index is 5.06. The van der Waals surface area contributed by atoms with Crippen molar-refractivity contribution in [2.75, 3.05) is 19.5 Å². The summed E-state index contributed by atoms with van der Waals surface area (Å²) in [5, 5.41) is 9.44. The second-order valence-corrected chi connectivity index (χ2v) is 4.97. The van der Waals surface area contributed by atoms with Gasteiger partial charge in [0.25, 0.3) is 0 Å². The Balaban J connectivity index is 2.26. The summed E-state index contributed by atoms with van der Waals surface area (Å²) < 4.78 is 7.13. The summed E-state index contributed by atoms with van der Waals surface area (Å²) in [5.74, 6) is 1.74. The van der Waals surface area contributed by atoms with E-state index in [0.29, 0.717) is 13.2 Å². The quantitative estimate of drug-likeness (QED) is 0.442. The molecule has 0 saturated carbocycles. The molecule has 1 heterocycles. The highest BCUT2D eigenvalue weighted by Gasteiger charge is 2.12. The van der Waals surface area contributed by atoms with Crippen LogP contribution >= 0.6 is 11.8 Å². The smallest absolute Gasteiger partial charge is 0.191 e. The van der Waals surface area contributed by atoms with E-state index in [-0.39, 0.29) is 0 Å². The van der Waals surface area contributed by atoms with E-state index in [1.165, 1.54) is 0 Å². The molecule has 1 aromatic heterocycles. The molecule has 19 heavy (non-hydrogen) atoms. The van der Waals surface area contributed by atoms with Gasteiger partial charge in [-0.15, -0.1) is 16.8 Å². The van der Waals surface area contributed by atoms with Crippen molar-refractivity contribution in [3.63, 3.8) is 0 Å². The highest BCUT2D eigenvalue weighted by Crippen LogP contribution is 2.23. The number of rotatable bonds is 7. The van der Waals surface area contributed by atoms with Crippen molar-refractivity contribution in [3.8, 4) is 11.4 Å². The third-order valence-corrected chi connectivity index (χ3v) is 3.51. The van der Waals surface area contributed by atoms with Crippen LogP contribution in [0.2, 0.25) is 0 Å². The molecule has 0 fully saturated rings. The summed E-state index contributed by atoms with van der Waals surface area (Å²) in [4.78, 5) is 0. The Labute approximate surface area is 117 Å². The molecule has 0 aliphatic rings. The summed E-state index contributed by atoms with van der Waals surface area (Å²) in [5.41, 5.74) is 1.07. The van der Waals surface area contributed by atoms with E-state index in [9.17, 15) is 0 Å². The van der Waals surface area contributed by atoms with Crippen LogP contribution in [0.3, 0.4) is 0 Å². The molecular weight excluding hydrogens is 258 g/mol. The van der Waals surface area contributed by atoms with Gasteiger partial charge in [-0.3, -0.25) is 4.57 Å². The predicted octanol–water partition coefficient (Wildman–Crippen LogP) is 2.87. The monoisotopic (exact) mass is 275 g/mol. The predicted molar refractivity (Wildman–Crippen MR) is 78.3 cm³/mol. The molecule has 100 valence electrons. The zero-order chi connectivity index (χ0) is 13.5. The minimum absolute atomic E-state index is 0.701. The number of thioether (sulfide) groups is 1. The fraction of sp³-hybridized carbons (Fsp3) is 0.286. The minimum Gasteiger partial charge on any atom is -0.384 e. The summed E-state index contributed by atoms with van der Waals surface area (Å²) in [6.07, 6.45) is 1.86. The fourth-order valence-corrected chi connectivity index (χ4v) is 2.55. The molecule has 5 heteroatoms. The van der Waals surface area contributed by atoms with Crippen LogP contribution in [0, 0.1) is 0 Å². The van der Waals surface area contributed by atoms with Crippen LogP contribution in [-0.4, -0.2) is 34.2 Å². The standard InChI is InChI=1S/C14H17N3OS/c1-3-9-17-13(12-7-5-4-6-8-12)15-16-14(17)19-11-10-18-2/h3-8H,1,9-11H2,2H3. The first-order valence-electron chi connectivity index (χ1n) is 6.08. The number of methoxy groups -OCH3 is 1. The normalized spacial score (nSPS) is 10.6. The number of aromatic nitrogens is 3. The Morgan fingerprint density at radius 1 is 1.32 bits per heavy atom. The van der Waals surface area contributed by atoms with Gasteiger partial charge in [0.2, 0.25) is 0 Å². The molecule has 0 aliphatic heterocycles. The first-order chi connectivity index (χ1) is 9.36. The molecule has 0 aliphatic carbocycles. The van der Waals surface area contributed by atoms with Crippen molar-refractivity contribution in [1.29, 1.82) is 0 Å². The van der Waals surface area contributed by atoms with Crippen LogP contribution in [-0.2, 0) is 11.3 Å². The largest absolute Gasteiger partial charge is 0.384 e. The topological polar surface area (TPSA) is 39.9 Å². The van der Waals surface area contributed by atoms with Crippen molar-refractivity contribution in [2.24, 2.45) is 0 Å². The van der Waals surface area contributed by atoms with Crippen LogP contribution in [0.4, 0.5) is 0 Å². The number of hydrogen-bond donors (Lipinski definition) is 0. The molecule has 0 amide bonds. The lowest BCUT2D eigenvalue weighted by Crippen LogP contribution is -2.02. The Bertz CT molecular complexity index is 525. The third-order valence-electron chi connectivity index (χ3n) is 2.58. The maximum atomic E-state index is 5.06. The molecule has 2 aromatic rings. The average Bonchev–Trinajstić information content (AvgIpc) is 2.84. The first-order valence-corrected chi connectivity index (χ1v) is 7.06. The maximum Gasteiger partial charge on any atom is 0.191 e. The van der Waals surface area contributed by atoms with Crippen LogP contribution < -0.4 is 0 Å². The van der Waals surface area contributed by atoms with Gasteiger partial charge in [0.15, 0.2) is 11.0 Å². The zero-order valence-electron chi connectivity index (χ0n) is 11.0. The van der Waals surface area contributed by atoms with Crippen molar-refractivity contribution >= 4 is 11.8 Å². The van der Waals surface area contributed by atoms with Gasteiger partial charge in [0.05, 0.1) is 6.61 Å². The van der Waals surface area contributed by atoms with E-state index in [2.05, 4.69) is 21.3 Å². The fourth-order valence-electron chi connectivity index (χ4n) is 1.71. The SMILES string of the molecule is C=CCn1c(SCCOC)nnc1-c1ccccc1. The summed E-state index contributed by atoms with van der Waals surface area (Å²) in [7, 11) is 1.70. The molecule has 2 rings (SSSR count). The van der Waals surface area contributed by atoms with Crippen LogP contribution in [0.15, 0.2) is 48.1 Å². The van der Waals surface area contributed by atoms with Crippen LogP contribution in [0.25, 0.3) is 11.4 Å². The number of nitrogens with zero attached hydrogens (tertiary/aromatic N) is 3. The molecule has 0 radical (unpaired) electrons. The van der Waals surface area contributed by atoms with Gasteiger partial charge in [-0.25, -0.2) is 0 Å². The molecule has 0 unspecified atom stereocenters. The highest BCUT2D eigenvalue weighted by molar-refractivity contribution is 7.99. The number of benzene rings is 1. The molecule has 0 saturated heterocycles. The molecule has 0 spiro atoms. The van der Waals surface area contributed by atoms with Gasteiger partial charge in [-0.05, 0) is 0 Å². The van der Waals surface area contributed by atoms with Crippen LogP contribution in [0.5, 0.6) is 0 Å². The van der Waals surface area contributed by atoms with E-state index in [0.717, 1.165) is 22.3 Å². The minimum atomic E-state index is 0.701. The van der Waals surface area contributed by atoms with Gasteiger partial charge >= 0.3 is 0 Å². The molecule has 0 atom stereocenters. The van der Waals surface area contributed by atoms with Crippen molar-refractivity contribution < 1.29 is 4.74 Å². The van der Waals surface area contributed by atoms with E-state index in [1.54, 1.807) is 18.9 Å². The summed E-state index contributed by atoms with van der Waals surface area (Å²) in [6, 6.07) is 10.1. The highest BCUT2D eigenvalue weighted by atomic mass is 32.2. The van der Waals surface area contributed by atoms with E-state index in [4.69, 9.17) is 4.74 Å². The lowest BCUT2D eigenvalue weighted by molar-refractivity contribution is 0.218. The summed E-state index contributed by atoms with van der Waals surface area (Å²) in [6.45, 7) is 5.20. The van der Waals surface area contributed by atoms with Crippen LogP contribution in [0.1, 0.15) is 0 Å². The summed E-state index contributed by atoms with van der Waals surface area (Å²) >= 11 is 1.64. The van der Waals surface area contributed by atoms with Gasteiger partial charge in [0, 0.05) is 25.0 Å². The first kappa shape index (κ1) is 13.8. The second kappa shape index (κ2) is 7.11. The number of ether oxygens (including phenoxy) is 1. The third kappa shape index (κ3) is 3.45. The van der Waals surface area contributed by atoms with Gasteiger partial charge in [0.1, 0.15) is 0 Å². The average molecular weight is 275 g/mol. The Kier molecular flexibility index (Phi) is 5.18. The van der Waals surface area contributed by atoms with Crippen molar-refractivity contribution in [2.45, 2.75) is 11.7 Å². The van der Waals surface area contributed by atoms with Gasteiger partial charge in [-0.2, -0.15) is 0 Å². The van der Waals surface area contributed by atoms with E-state index in [1.807, 2.05) is 36.4 Å². The second-order valence-electron chi connectivity index (χ2n) is 3.91. The van der Waals surface area contributed by atoms with Crippen molar-refractivity contribution in [3.05, 3.63) is 43.0 Å². The van der Waals surface area contributed by atoms with Gasteiger partial charge in [-0.1, -0.05) is 48.2 Å². The van der Waals surface area contributed by atoms with E-state index < -0.39 is 0 Å². The lowest BCUT2D eigenvalue weighted by Gasteiger charge is -2.07. The molecule has 4 nitrogen and oxygen atoms in total. The lowest BCUT2D eigenvalue weighted by atomic mass is 10.2. The number of hydrogen-bond acceptors (Lipinski definition) is 4. The van der Waals surface area contributed by atoms with E-state index >= 15 is 0 Å². The molecule has 0 bridgehead atoms. The molecule has 1 aromatic carbocycles.